The molecule has 0 radical (unpaired) electrons. The molecule has 0 spiro atoms. The Bertz CT molecular complexity index is 792. The summed E-state index contributed by atoms with van der Waals surface area (Å²) < 4.78 is 79.5. The van der Waals surface area contributed by atoms with Crippen LogP contribution in [-0.2, 0) is 24.3 Å². The summed E-state index contributed by atoms with van der Waals surface area (Å²) in [6.45, 7) is 3.14. The lowest BCUT2D eigenvalue weighted by Gasteiger charge is -2.49. The topological polar surface area (TPSA) is 91.4 Å². The van der Waals surface area contributed by atoms with Crippen molar-refractivity contribution in [2.45, 2.75) is 61.9 Å². The summed E-state index contributed by atoms with van der Waals surface area (Å²) in [6, 6.07) is -2.09. The Kier molecular flexibility index (Phi) is 7.04. The van der Waals surface area contributed by atoms with Crippen molar-refractivity contribution in [1.29, 1.82) is 0 Å². The minimum absolute atomic E-state index is 0.0112. The molecule has 4 saturated heterocycles. The van der Waals surface area contributed by atoms with E-state index in [4.69, 9.17) is 9.47 Å². The van der Waals surface area contributed by atoms with E-state index in [1.54, 1.807) is 0 Å². The molecule has 4 heterocycles. The maximum Gasteiger partial charge on any atom is 0.405 e. The van der Waals surface area contributed by atoms with E-state index < -0.39 is 40.2 Å². The molecule has 4 unspecified atom stereocenters. The number of piperazine rings is 1. The second-order valence-corrected chi connectivity index (χ2v) is 11.2. The van der Waals surface area contributed by atoms with Gasteiger partial charge in [0, 0.05) is 51.3 Å². The summed E-state index contributed by atoms with van der Waals surface area (Å²) in [5.41, 5.74) is 0. The standard InChI is InChI=1S/C19H31F3N4O5S/c1-13-11-31-7-5-25(13)14-8-17(23-18(27)9-14)26-4-3-24(10-16(26)19(20,21)22)32(28,29)15-2-6-30-12-15/h13-17H,2-12H2,1H3,(H,23,27)/t13-,14?,15?,16?,17?/m1/s1. The van der Waals surface area contributed by atoms with Gasteiger partial charge in [-0.2, -0.15) is 17.5 Å². The third-order valence-corrected chi connectivity index (χ3v) is 9.23. The second kappa shape index (κ2) is 9.34. The number of amides is 1. The molecule has 13 heteroatoms. The number of carbonyl (C=O) groups is 1. The number of alkyl halides is 3. The number of morpholine rings is 1. The van der Waals surface area contributed by atoms with Crippen LogP contribution in [0, 0.1) is 0 Å². The lowest BCUT2D eigenvalue weighted by atomic mass is 9.97. The van der Waals surface area contributed by atoms with Crippen molar-refractivity contribution in [3.8, 4) is 0 Å². The van der Waals surface area contributed by atoms with Crippen LogP contribution in [0.2, 0.25) is 0 Å². The van der Waals surface area contributed by atoms with Gasteiger partial charge in [0.05, 0.1) is 26.0 Å². The molecule has 1 amide bonds. The molecule has 5 atom stereocenters. The normalized spacial score (nSPS) is 36.9. The van der Waals surface area contributed by atoms with Crippen LogP contribution in [0.25, 0.3) is 0 Å². The molecule has 0 bridgehead atoms. The molecule has 4 aliphatic heterocycles. The molecule has 32 heavy (non-hydrogen) atoms. The fraction of sp³-hybridized carbons (Fsp3) is 0.947. The van der Waals surface area contributed by atoms with E-state index in [0.29, 0.717) is 32.8 Å². The number of piperidine rings is 1. The number of nitrogens with one attached hydrogen (secondary N) is 1. The van der Waals surface area contributed by atoms with E-state index in [1.165, 1.54) is 4.90 Å². The van der Waals surface area contributed by atoms with Crippen molar-refractivity contribution in [2.24, 2.45) is 0 Å². The van der Waals surface area contributed by atoms with Crippen LogP contribution >= 0.6 is 0 Å². The van der Waals surface area contributed by atoms with E-state index in [1.807, 2.05) is 6.92 Å². The van der Waals surface area contributed by atoms with E-state index in [2.05, 4.69) is 10.2 Å². The van der Waals surface area contributed by atoms with Gasteiger partial charge in [0.15, 0.2) is 0 Å². The second-order valence-electron chi connectivity index (χ2n) is 9.02. The monoisotopic (exact) mass is 484 g/mol. The van der Waals surface area contributed by atoms with Crippen LogP contribution in [0.15, 0.2) is 0 Å². The third-order valence-electron chi connectivity index (χ3n) is 6.96. The van der Waals surface area contributed by atoms with Gasteiger partial charge in [0.25, 0.3) is 0 Å². The fourth-order valence-electron chi connectivity index (χ4n) is 5.24. The number of hydrogen-bond donors (Lipinski definition) is 1. The first kappa shape index (κ1) is 24.1. The highest BCUT2D eigenvalue weighted by atomic mass is 32.2. The molecule has 0 aromatic heterocycles. The van der Waals surface area contributed by atoms with Gasteiger partial charge in [-0.15, -0.1) is 0 Å². The lowest BCUT2D eigenvalue weighted by Crippen LogP contribution is -2.68. The van der Waals surface area contributed by atoms with Crippen LogP contribution < -0.4 is 5.32 Å². The zero-order chi connectivity index (χ0) is 23.1. The summed E-state index contributed by atoms with van der Waals surface area (Å²) in [5, 5.41) is 1.92. The average molecular weight is 485 g/mol. The van der Waals surface area contributed by atoms with Gasteiger partial charge >= 0.3 is 6.18 Å². The molecule has 0 aromatic rings. The Hall–Kier alpha value is -0.990. The third kappa shape index (κ3) is 4.92. The molecule has 4 aliphatic rings. The minimum Gasteiger partial charge on any atom is -0.380 e. The number of halogens is 3. The predicted octanol–water partition coefficient (Wildman–Crippen LogP) is -0.0210. The Morgan fingerprint density at radius 2 is 1.81 bits per heavy atom. The molecule has 4 rings (SSSR count). The maximum absolute atomic E-state index is 14.1. The van der Waals surface area contributed by atoms with Crippen LogP contribution in [0.1, 0.15) is 26.2 Å². The SMILES string of the molecule is C[C@@H]1COCCN1C1CC(=O)NC(N2CCN(S(=O)(=O)C3CCOC3)CC2C(F)(F)F)C1. The first-order chi connectivity index (χ1) is 15.1. The molecule has 184 valence electrons. The number of hydrogen-bond acceptors (Lipinski definition) is 7. The number of sulfonamides is 1. The van der Waals surface area contributed by atoms with Gasteiger partial charge in [0.1, 0.15) is 11.3 Å². The molecule has 0 aromatic carbocycles. The largest absolute Gasteiger partial charge is 0.405 e. The molecule has 1 N–H and O–H groups in total. The van der Waals surface area contributed by atoms with Gasteiger partial charge in [-0.1, -0.05) is 0 Å². The van der Waals surface area contributed by atoms with Crippen molar-refractivity contribution < 1.29 is 35.9 Å². The zero-order valence-electron chi connectivity index (χ0n) is 18.1. The molecule has 0 aliphatic carbocycles. The van der Waals surface area contributed by atoms with E-state index in [9.17, 15) is 26.4 Å². The van der Waals surface area contributed by atoms with Crippen LogP contribution in [0.3, 0.4) is 0 Å². The van der Waals surface area contributed by atoms with Crippen molar-refractivity contribution in [3.63, 3.8) is 0 Å². The van der Waals surface area contributed by atoms with Gasteiger partial charge in [0.2, 0.25) is 15.9 Å². The smallest absolute Gasteiger partial charge is 0.380 e. The van der Waals surface area contributed by atoms with Gasteiger partial charge in [-0.25, -0.2) is 8.42 Å². The highest BCUT2D eigenvalue weighted by molar-refractivity contribution is 7.89. The fourth-order valence-corrected chi connectivity index (χ4v) is 7.01. The van der Waals surface area contributed by atoms with Gasteiger partial charge < -0.3 is 14.8 Å². The number of ether oxygens (including phenoxy) is 2. The van der Waals surface area contributed by atoms with Crippen molar-refractivity contribution in [1.82, 2.24) is 19.4 Å². The highest BCUT2D eigenvalue weighted by Gasteiger charge is 2.52. The summed E-state index contributed by atoms with van der Waals surface area (Å²) in [6.07, 6.45) is -4.57. The molecular weight excluding hydrogens is 453 g/mol. The van der Waals surface area contributed by atoms with E-state index in [-0.39, 0.29) is 50.5 Å². The summed E-state index contributed by atoms with van der Waals surface area (Å²) in [5.74, 6) is -0.288. The van der Waals surface area contributed by atoms with Crippen LogP contribution in [0.4, 0.5) is 13.2 Å². The Labute approximate surface area is 186 Å². The van der Waals surface area contributed by atoms with Crippen molar-refractivity contribution >= 4 is 15.9 Å². The molecular formula is C19H31F3N4O5S. The van der Waals surface area contributed by atoms with E-state index >= 15 is 0 Å². The first-order valence-electron chi connectivity index (χ1n) is 11.1. The summed E-state index contributed by atoms with van der Waals surface area (Å²) in [4.78, 5) is 15.8. The lowest BCUT2D eigenvalue weighted by molar-refractivity contribution is -0.203. The number of carbonyl (C=O) groups excluding carboxylic acids is 1. The minimum atomic E-state index is -4.63. The molecule has 9 nitrogen and oxygen atoms in total. The average Bonchev–Trinajstić information content (AvgIpc) is 3.28. The number of rotatable bonds is 4. The zero-order valence-corrected chi connectivity index (χ0v) is 18.9. The van der Waals surface area contributed by atoms with E-state index in [0.717, 1.165) is 4.31 Å². The predicted molar refractivity (Wildman–Crippen MR) is 108 cm³/mol. The highest BCUT2D eigenvalue weighted by Crippen LogP contribution is 2.33. The van der Waals surface area contributed by atoms with Crippen LogP contribution in [-0.4, -0.2) is 117 Å². The quantitative estimate of drug-likeness (QED) is 0.600. The number of nitrogens with zero attached hydrogens (tertiary/aromatic N) is 3. The van der Waals surface area contributed by atoms with Crippen molar-refractivity contribution in [3.05, 3.63) is 0 Å². The van der Waals surface area contributed by atoms with Crippen molar-refractivity contribution in [2.75, 3.05) is 52.6 Å². The Balaban J connectivity index is 1.51. The summed E-state index contributed by atoms with van der Waals surface area (Å²) >= 11 is 0. The van der Waals surface area contributed by atoms with Gasteiger partial charge in [-0.05, 0) is 19.8 Å². The summed E-state index contributed by atoms with van der Waals surface area (Å²) in [7, 11) is -3.88. The van der Waals surface area contributed by atoms with Gasteiger partial charge in [-0.3, -0.25) is 14.6 Å². The maximum atomic E-state index is 14.1. The first-order valence-corrected chi connectivity index (χ1v) is 12.6. The Morgan fingerprint density at radius 1 is 1.06 bits per heavy atom. The Morgan fingerprint density at radius 3 is 2.47 bits per heavy atom. The molecule has 0 saturated carbocycles. The molecule has 4 fully saturated rings. The van der Waals surface area contributed by atoms with Crippen LogP contribution in [0.5, 0.6) is 0 Å².